The van der Waals surface area contributed by atoms with Crippen LogP contribution in [-0.2, 0) is 16.4 Å². The molecule has 0 saturated carbocycles. The number of sulfone groups is 1. The van der Waals surface area contributed by atoms with Gasteiger partial charge in [0.25, 0.3) is 0 Å². The van der Waals surface area contributed by atoms with Crippen molar-refractivity contribution in [3.05, 3.63) is 23.8 Å². The van der Waals surface area contributed by atoms with Gasteiger partial charge in [-0.05, 0) is 17.7 Å². The zero-order chi connectivity index (χ0) is 15.9. The predicted octanol–water partition coefficient (Wildman–Crippen LogP) is 1.35. The Bertz CT molecular complexity index is 705. The van der Waals surface area contributed by atoms with E-state index in [2.05, 4.69) is 0 Å². The van der Waals surface area contributed by atoms with Gasteiger partial charge in [0.2, 0.25) is 0 Å². The summed E-state index contributed by atoms with van der Waals surface area (Å²) in [5, 5.41) is 8.53. The molecule has 0 bridgehead atoms. The number of amidine groups is 1. The van der Waals surface area contributed by atoms with Crippen LogP contribution in [0.5, 0.6) is 11.5 Å². The maximum Gasteiger partial charge on any atom is 0.161 e. The fourth-order valence-electron chi connectivity index (χ4n) is 2.93. The van der Waals surface area contributed by atoms with Gasteiger partial charge in [-0.15, -0.1) is 0 Å². The Morgan fingerprint density at radius 3 is 2.68 bits per heavy atom. The highest BCUT2D eigenvalue weighted by atomic mass is 32.2. The minimum absolute atomic E-state index is 0.0161. The highest BCUT2D eigenvalue weighted by Crippen LogP contribution is 2.38. The Labute approximate surface area is 134 Å². The number of nitrogens with zero attached hydrogens (tertiary/aromatic N) is 1. The Morgan fingerprint density at radius 1 is 1.27 bits per heavy atom. The largest absolute Gasteiger partial charge is 0.493 e. The second-order valence-electron chi connectivity index (χ2n) is 5.42. The van der Waals surface area contributed by atoms with Crippen molar-refractivity contribution in [1.29, 1.82) is 5.41 Å². The molecule has 2 atom stereocenters. The van der Waals surface area contributed by atoms with Crippen LogP contribution in [0.4, 0.5) is 0 Å². The molecule has 0 aromatic heterocycles. The van der Waals surface area contributed by atoms with Crippen molar-refractivity contribution < 1.29 is 17.9 Å². The van der Waals surface area contributed by atoms with E-state index in [4.69, 9.17) is 14.9 Å². The molecule has 22 heavy (non-hydrogen) atoms. The van der Waals surface area contributed by atoms with Gasteiger partial charge in [-0.1, -0.05) is 17.8 Å². The van der Waals surface area contributed by atoms with Crippen molar-refractivity contribution in [2.75, 3.05) is 25.7 Å². The van der Waals surface area contributed by atoms with E-state index in [9.17, 15) is 8.42 Å². The molecule has 0 unspecified atom stereocenters. The first-order chi connectivity index (χ1) is 10.4. The summed E-state index contributed by atoms with van der Waals surface area (Å²) in [5.74, 6) is 1.60. The van der Waals surface area contributed by atoms with Gasteiger partial charge in [0, 0.05) is 11.8 Å². The van der Waals surface area contributed by atoms with Crippen LogP contribution in [0.15, 0.2) is 18.2 Å². The summed E-state index contributed by atoms with van der Waals surface area (Å²) in [7, 11) is 0.178. The Balaban J connectivity index is 1.82. The first kappa shape index (κ1) is 15.5. The number of hydrogen-bond donors (Lipinski definition) is 1. The molecule has 3 rings (SSSR count). The molecule has 2 aliphatic rings. The first-order valence-electron chi connectivity index (χ1n) is 6.86. The Kier molecular flexibility index (Phi) is 3.98. The molecule has 2 saturated heterocycles. The Morgan fingerprint density at radius 2 is 2.00 bits per heavy atom. The van der Waals surface area contributed by atoms with Gasteiger partial charge < -0.3 is 14.4 Å². The maximum atomic E-state index is 11.8. The normalized spacial score (nSPS) is 26.1. The third-order valence-electron chi connectivity index (χ3n) is 4.00. The van der Waals surface area contributed by atoms with Crippen molar-refractivity contribution >= 4 is 26.8 Å². The average Bonchev–Trinajstić information content (AvgIpc) is 2.91. The molecule has 0 amide bonds. The van der Waals surface area contributed by atoms with Crippen molar-refractivity contribution in [1.82, 2.24) is 4.90 Å². The molecule has 6 nitrogen and oxygen atoms in total. The summed E-state index contributed by atoms with van der Waals surface area (Å²) in [6.45, 7) is 0.503. The van der Waals surface area contributed by atoms with E-state index in [1.165, 1.54) is 11.8 Å². The van der Waals surface area contributed by atoms with E-state index in [1.807, 2.05) is 23.1 Å². The van der Waals surface area contributed by atoms with E-state index in [0.29, 0.717) is 23.2 Å². The van der Waals surface area contributed by atoms with Gasteiger partial charge in [0.05, 0.1) is 31.8 Å². The summed E-state index contributed by atoms with van der Waals surface area (Å²) < 4.78 is 34.1. The van der Waals surface area contributed by atoms with Crippen LogP contribution in [0.25, 0.3) is 0 Å². The van der Waals surface area contributed by atoms with Crippen LogP contribution in [0.2, 0.25) is 0 Å². The van der Waals surface area contributed by atoms with Gasteiger partial charge in [0.15, 0.2) is 26.5 Å². The third kappa shape index (κ3) is 2.77. The molecule has 120 valence electrons. The van der Waals surface area contributed by atoms with Crippen LogP contribution in [0.1, 0.15) is 5.56 Å². The van der Waals surface area contributed by atoms with Crippen molar-refractivity contribution in [2.24, 2.45) is 0 Å². The van der Waals surface area contributed by atoms with Crippen LogP contribution in [0, 0.1) is 5.41 Å². The lowest BCUT2D eigenvalue weighted by Gasteiger charge is -2.24. The average molecular weight is 342 g/mol. The zero-order valence-corrected chi connectivity index (χ0v) is 14.0. The minimum Gasteiger partial charge on any atom is -0.493 e. The number of ether oxygens (including phenoxy) is 2. The molecule has 1 N–H and O–H groups in total. The highest BCUT2D eigenvalue weighted by Gasteiger charge is 2.47. The molecule has 0 spiro atoms. The van der Waals surface area contributed by atoms with Crippen molar-refractivity contribution in [3.8, 4) is 11.5 Å². The quantitative estimate of drug-likeness (QED) is 0.890. The van der Waals surface area contributed by atoms with E-state index in [1.54, 1.807) is 14.2 Å². The van der Waals surface area contributed by atoms with Crippen LogP contribution >= 0.6 is 11.8 Å². The Hall–Kier alpha value is -1.41. The molecule has 1 aromatic carbocycles. The van der Waals surface area contributed by atoms with Gasteiger partial charge >= 0.3 is 0 Å². The van der Waals surface area contributed by atoms with E-state index in [0.717, 1.165) is 5.56 Å². The van der Waals surface area contributed by atoms with Gasteiger partial charge in [-0.3, -0.25) is 5.41 Å². The number of methoxy groups -OCH3 is 2. The summed E-state index contributed by atoms with van der Waals surface area (Å²) in [6.07, 6.45) is 0. The number of fused-ring (bicyclic) bond motifs is 1. The second-order valence-corrected chi connectivity index (χ2v) is 8.80. The number of rotatable bonds is 4. The van der Waals surface area contributed by atoms with Crippen molar-refractivity contribution in [2.45, 2.75) is 17.8 Å². The topological polar surface area (TPSA) is 79.7 Å². The van der Waals surface area contributed by atoms with Gasteiger partial charge in [-0.25, -0.2) is 8.42 Å². The molecule has 2 heterocycles. The zero-order valence-electron chi connectivity index (χ0n) is 12.4. The summed E-state index contributed by atoms with van der Waals surface area (Å²) in [5.41, 5.74) is 0.966. The van der Waals surface area contributed by atoms with Gasteiger partial charge in [0.1, 0.15) is 0 Å². The lowest BCUT2D eigenvalue weighted by molar-refractivity contribution is 0.341. The molecule has 2 aliphatic heterocycles. The lowest BCUT2D eigenvalue weighted by atomic mass is 10.1. The molecular weight excluding hydrogens is 324 g/mol. The number of nitrogens with one attached hydrogen (secondary N) is 1. The van der Waals surface area contributed by atoms with E-state index < -0.39 is 9.84 Å². The number of benzene rings is 1. The highest BCUT2D eigenvalue weighted by molar-refractivity contribution is 8.15. The van der Waals surface area contributed by atoms with Crippen LogP contribution in [-0.4, -0.2) is 55.5 Å². The third-order valence-corrected chi connectivity index (χ3v) is 7.17. The summed E-state index contributed by atoms with van der Waals surface area (Å²) in [4.78, 5) is 1.88. The van der Waals surface area contributed by atoms with Gasteiger partial charge in [-0.2, -0.15) is 0 Å². The number of hydrogen-bond acceptors (Lipinski definition) is 6. The molecule has 8 heteroatoms. The fourth-order valence-corrected chi connectivity index (χ4v) is 6.76. The summed E-state index contributed by atoms with van der Waals surface area (Å²) >= 11 is 1.36. The molecule has 0 radical (unpaired) electrons. The standard InChI is InChI=1S/C14H18N2O4S2/c1-19-11-4-3-9(5-12(11)20-2)6-16-10-7-22(17,18)8-13(10)21-14(16)15/h3-5,10,13,15H,6-8H2,1-2H3/t10-,13-/m1/s1. The van der Waals surface area contributed by atoms with E-state index in [-0.39, 0.29) is 22.8 Å². The van der Waals surface area contributed by atoms with Crippen molar-refractivity contribution in [3.63, 3.8) is 0 Å². The SMILES string of the molecule is COc1ccc(CN2C(=N)S[C@@H]3CS(=O)(=O)C[C@H]32)cc1OC. The molecule has 0 aliphatic carbocycles. The summed E-state index contributed by atoms with van der Waals surface area (Å²) in [6, 6.07) is 5.50. The molecule has 1 aromatic rings. The minimum atomic E-state index is -2.98. The maximum absolute atomic E-state index is 11.8. The fraction of sp³-hybridized carbons (Fsp3) is 0.500. The van der Waals surface area contributed by atoms with E-state index >= 15 is 0 Å². The van der Waals surface area contributed by atoms with Crippen LogP contribution < -0.4 is 9.47 Å². The predicted molar refractivity (Wildman–Crippen MR) is 86.6 cm³/mol. The molecule has 2 fully saturated rings. The molecular formula is C14H18N2O4S2. The monoisotopic (exact) mass is 342 g/mol. The lowest BCUT2D eigenvalue weighted by Crippen LogP contribution is -2.36. The van der Waals surface area contributed by atoms with Crippen LogP contribution in [0.3, 0.4) is 0 Å². The second kappa shape index (κ2) is 5.66. The first-order valence-corrected chi connectivity index (χ1v) is 9.57. The number of thioether (sulfide) groups is 1. The smallest absolute Gasteiger partial charge is 0.161 e.